The van der Waals surface area contributed by atoms with Gasteiger partial charge in [0.15, 0.2) is 35.5 Å². The van der Waals surface area contributed by atoms with Crippen molar-refractivity contribution in [2.75, 3.05) is 87.6 Å². The fourth-order valence-corrected chi connectivity index (χ4v) is 11.5. The molecule has 5 aliphatic rings. The highest BCUT2D eigenvalue weighted by molar-refractivity contribution is 6.09. The average Bonchev–Trinajstić information content (AvgIpc) is 4.02. The number of imide groups is 1. The lowest BCUT2D eigenvalue weighted by Gasteiger charge is -2.39. The number of anilines is 3. The topological polar surface area (TPSA) is 306 Å². The van der Waals surface area contributed by atoms with Crippen molar-refractivity contribution in [3.05, 3.63) is 82.4 Å². The fraction of sp³-hybridized carbons (Fsp3) is 0.453. The van der Waals surface area contributed by atoms with E-state index in [9.17, 15) is 29.3 Å². The van der Waals surface area contributed by atoms with Gasteiger partial charge in [-0.05, 0) is 101 Å². The maximum absolute atomic E-state index is 17.7. The number of halogens is 1. The Morgan fingerprint density at radius 2 is 1.68 bits per heavy atom. The number of ether oxygens (including phenoxy) is 2. The number of fused-ring (bicyclic) bond motifs is 2. The summed E-state index contributed by atoms with van der Waals surface area (Å²) >= 11 is 0. The Kier molecular flexibility index (Phi) is 14.0. The number of carbonyl (C=O) groups excluding carboxylic acids is 4. The Bertz CT molecular complexity index is 3530. The van der Waals surface area contributed by atoms with Gasteiger partial charge in [-0.1, -0.05) is 5.16 Å². The van der Waals surface area contributed by atoms with E-state index in [-0.39, 0.29) is 53.5 Å². The first-order valence-electron chi connectivity index (χ1n) is 27.0. The van der Waals surface area contributed by atoms with Crippen molar-refractivity contribution in [3.8, 4) is 28.5 Å². The van der Waals surface area contributed by atoms with Gasteiger partial charge >= 0.3 is 12.2 Å². The molecule has 12 rings (SSSR count). The minimum absolute atomic E-state index is 0.0495. The Balaban J connectivity index is 0.771. The number of nitro benzene ring substituents is 1. The van der Waals surface area contributed by atoms with Gasteiger partial charge in [0.25, 0.3) is 11.6 Å². The summed E-state index contributed by atoms with van der Waals surface area (Å²) in [5.74, 6) is 0.275. The quantitative estimate of drug-likeness (QED) is 0.0508. The largest absolute Gasteiger partial charge is 0.514 e. The number of benzene rings is 2. The van der Waals surface area contributed by atoms with Gasteiger partial charge in [-0.2, -0.15) is 10.2 Å². The maximum Gasteiger partial charge on any atom is 0.514 e. The summed E-state index contributed by atoms with van der Waals surface area (Å²) in [4.78, 5) is 87.4. The Labute approximate surface area is 455 Å². The number of nitro groups is 1. The summed E-state index contributed by atoms with van der Waals surface area (Å²) in [6, 6.07) is 7.25. The molecule has 0 spiro atoms. The smallest absolute Gasteiger partial charge is 0.424 e. The van der Waals surface area contributed by atoms with E-state index < -0.39 is 47.4 Å². The van der Waals surface area contributed by atoms with Crippen LogP contribution in [0.1, 0.15) is 87.6 Å². The zero-order valence-corrected chi connectivity index (χ0v) is 44.0. The van der Waals surface area contributed by atoms with Crippen molar-refractivity contribution >= 4 is 68.9 Å². The van der Waals surface area contributed by atoms with Gasteiger partial charge in [0.05, 0.1) is 27.6 Å². The summed E-state index contributed by atoms with van der Waals surface area (Å²) in [6.07, 6.45) is 7.96. The third-order valence-electron chi connectivity index (χ3n) is 15.9. The number of aromatic nitrogens is 9. The lowest BCUT2D eigenvalue weighted by molar-refractivity contribution is -0.384. The van der Waals surface area contributed by atoms with Crippen LogP contribution in [0.15, 0.2) is 59.6 Å². The molecule has 0 bridgehead atoms. The van der Waals surface area contributed by atoms with Gasteiger partial charge in [0.2, 0.25) is 5.91 Å². The molecule has 0 radical (unpaired) electrons. The number of nitrogens with two attached hydrogens (primary N) is 1. The molecule has 4 saturated heterocycles. The summed E-state index contributed by atoms with van der Waals surface area (Å²) in [6.45, 7) is 9.53. The Morgan fingerprint density at radius 3 is 2.39 bits per heavy atom. The zero-order valence-electron chi connectivity index (χ0n) is 44.0. The second kappa shape index (κ2) is 21.5. The van der Waals surface area contributed by atoms with Crippen molar-refractivity contribution in [3.63, 3.8) is 0 Å². The highest BCUT2D eigenvalue weighted by atomic mass is 19.1. The van der Waals surface area contributed by atoms with Crippen LogP contribution in [0.25, 0.3) is 44.7 Å². The van der Waals surface area contributed by atoms with Crippen LogP contribution >= 0.6 is 0 Å². The molecule has 416 valence electrons. The van der Waals surface area contributed by atoms with Crippen LogP contribution < -0.4 is 30.9 Å². The summed E-state index contributed by atoms with van der Waals surface area (Å²) in [5, 5.41) is 32.3. The van der Waals surface area contributed by atoms with Crippen LogP contribution in [0.2, 0.25) is 0 Å². The van der Waals surface area contributed by atoms with Crippen molar-refractivity contribution in [2.24, 2.45) is 5.92 Å². The minimum Gasteiger partial charge on any atom is -0.424 e. The van der Waals surface area contributed by atoms with Crippen molar-refractivity contribution < 1.29 is 42.5 Å². The first-order chi connectivity index (χ1) is 38.8. The van der Waals surface area contributed by atoms with Crippen LogP contribution in [0, 0.1) is 21.8 Å². The molecule has 5 fully saturated rings. The molecule has 2 atom stereocenters. The number of carbonyl (C=O) groups is 4. The molecule has 4 N–H and O–H groups in total. The molecule has 80 heavy (non-hydrogen) atoms. The van der Waals surface area contributed by atoms with E-state index in [0.29, 0.717) is 108 Å². The van der Waals surface area contributed by atoms with Crippen molar-refractivity contribution in [1.82, 2.24) is 65.1 Å². The molecule has 9 heterocycles. The highest BCUT2D eigenvalue weighted by Gasteiger charge is 2.49. The number of rotatable bonds is 14. The summed E-state index contributed by atoms with van der Waals surface area (Å²) in [5.41, 5.74) is 9.81. The molecule has 2 unspecified atom stereocenters. The van der Waals surface area contributed by atoms with Crippen LogP contribution in [-0.2, 0) is 14.3 Å². The number of likely N-dealkylation sites (tertiary alicyclic amines) is 1. The van der Waals surface area contributed by atoms with Gasteiger partial charge < -0.3 is 34.8 Å². The van der Waals surface area contributed by atoms with Crippen molar-refractivity contribution in [2.45, 2.75) is 76.3 Å². The summed E-state index contributed by atoms with van der Waals surface area (Å²) < 4.78 is 37.6. The monoisotopic (exact) mass is 1100 g/mol. The lowest BCUT2D eigenvalue weighted by atomic mass is 9.92. The van der Waals surface area contributed by atoms with E-state index in [2.05, 4.69) is 30.7 Å². The number of nitrogens with one attached hydrogen (secondary N) is 2. The second-order valence-corrected chi connectivity index (χ2v) is 21.2. The third-order valence-corrected chi connectivity index (χ3v) is 15.9. The standard InChI is InChI=1S/C53H58FN17O9/c1-29(2)69-51-42(48(55)59-28-60-51)44(62-69)45-41(49-57-24-32(25-58-49)31-9-14-56-15-10-31)47(80-64-45)36-23-38(36)70-46-35(50(63-70)68-18-13-39(72)61-52(68)74)7-8-37(43(46)54)66-21-19-65(20-22-66)26-30-11-16-67(17-12-30)40(73)27-78-53(75)79-34-5-3-33(4-6-34)71(76)77/h3-8,24-25,28-31,36,38,56H,9-23,26-27H2,1-2H3,(H2,55,59,60)(H,61,72,74). The van der Waals surface area contributed by atoms with E-state index in [0.717, 1.165) is 50.9 Å². The van der Waals surface area contributed by atoms with E-state index in [1.807, 2.05) is 31.1 Å². The van der Waals surface area contributed by atoms with Gasteiger partial charge in [0.1, 0.15) is 34.8 Å². The molecule has 27 heteroatoms. The number of hydrogen-bond donors (Lipinski definition) is 3. The van der Waals surface area contributed by atoms with E-state index in [1.165, 1.54) is 35.5 Å². The number of amides is 4. The molecule has 2 aromatic carbocycles. The van der Waals surface area contributed by atoms with Crippen molar-refractivity contribution in [1.29, 1.82) is 0 Å². The molecule has 26 nitrogen and oxygen atoms in total. The number of piperazine rings is 1. The Hall–Kier alpha value is -8.72. The lowest BCUT2D eigenvalue weighted by Crippen LogP contribution is -2.50. The number of non-ortho nitro benzene ring substituents is 1. The minimum atomic E-state index is -1.09. The number of piperidine rings is 2. The molecule has 4 amide bonds. The first kappa shape index (κ1) is 52.0. The molecular weight excluding hydrogens is 1040 g/mol. The number of nitrogens with zero attached hydrogens (tertiary/aromatic N) is 14. The van der Waals surface area contributed by atoms with Crippen LogP contribution in [0.3, 0.4) is 0 Å². The highest BCUT2D eigenvalue weighted by Crippen LogP contribution is 2.57. The predicted octanol–water partition coefficient (Wildman–Crippen LogP) is 5.72. The van der Waals surface area contributed by atoms with E-state index in [4.69, 9.17) is 39.9 Å². The number of nitrogen functional groups attached to an aromatic ring is 1. The van der Waals surface area contributed by atoms with Gasteiger partial charge in [-0.25, -0.2) is 38.6 Å². The molecule has 1 saturated carbocycles. The third kappa shape index (κ3) is 10.0. The van der Waals surface area contributed by atoms with E-state index >= 15 is 4.39 Å². The van der Waals surface area contributed by atoms with Gasteiger partial charge in [-0.15, -0.1) is 0 Å². The Morgan fingerprint density at radius 1 is 0.925 bits per heavy atom. The normalized spacial score (nSPS) is 19.5. The van der Waals surface area contributed by atoms with Crippen LogP contribution in [0.4, 0.5) is 37.0 Å². The van der Waals surface area contributed by atoms with Gasteiger partial charge in [0, 0.05) is 101 Å². The molecule has 1 aliphatic carbocycles. The summed E-state index contributed by atoms with van der Waals surface area (Å²) in [7, 11) is 0. The molecular formula is C53H58FN17O9. The molecule has 4 aliphatic heterocycles. The fourth-order valence-electron chi connectivity index (χ4n) is 11.5. The van der Waals surface area contributed by atoms with Gasteiger partial charge in [-0.3, -0.25) is 39.5 Å². The number of hydrogen-bond acceptors (Lipinski definition) is 20. The molecule has 5 aromatic heterocycles. The average molecular weight is 1100 g/mol. The maximum atomic E-state index is 17.7. The predicted molar refractivity (Wildman–Crippen MR) is 286 cm³/mol. The first-order valence-corrected chi connectivity index (χ1v) is 27.0. The SMILES string of the molecule is CC(C)n1nc(-c2noc(C3CC3n3nc(N4CCC(=O)NC4=O)c4ccc(N5CCN(CC6CCN(C(=O)COC(=O)Oc7ccc([N+](=O)[O-])cc7)CC6)CC5)c(F)c43)c2-c2ncc(C3CCNCC3)cn2)c2c(N)ncnc21. The van der Waals surface area contributed by atoms with Crippen LogP contribution in [-0.4, -0.2) is 155 Å². The van der Waals surface area contributed by atoms with E-state index in [1.54, 1.807) is 26.4 Å². The number of urea groups is 1. The zero-order chi connectivity index (χ0) is 55.3. The van der Waals surface area contributed by atoms with Crippen LogP contribution in [0.5, 0.6) is 5.75 Å². The second-order valence-electron chi connectivity index (χ2n) is 21.2. The molecule has 7 aromatic rings.